The minimum absolute atomic E-state index is 0.127. The van der Waals surface area contributed by atoms with Crippen LogP contribution in [0.3, 0.4) is 0 Å². The lowest BCUT2D eigenvalue weighted by atomic mass is 10.2. The average Bonchev–Trinajstić information content (AvgIpc) is 2.39. The molecule has 0 radical (unpaired) electrons. The molecule has 104 valence electrons. The lowest BCUT2D eigenvalue weighted by molar-refractivity contribution is -0.255. The molecule has 0 saturated carbocycles. The van der Waals surface area contributed by atoms with Gasteiger partial charge in [-0.25, -0.2) is 8.42 Å². The molecule has 0 aliphatic carbocycles. The molecule has 0 spiro atoms. The Balaban J connectivity index is 2.16. The van der Waals surface area contributed by atoms with Crippen molar-refractivity contribution >= 4 is 27.6 Å². The molecule has 0 unspecified atom stereocenters. The topological polar surface area (TPSA) is 74.3 Å². The number of benzene rings is 2. The summed E-state index contributed by atoms with van der Waals surface area (Å²) in [5.41, 5.74) is 0.127. The Kier molecular flexibility index (Phi) is 4.15. The highest BCUT2D eigenvalue weighted by molar-refractivity contribution is 7.99. The fourth-order valence-corrected chi connectivity index (χ4v) is 3.00. The molecule has 0 aromatic heterocycles. The second-order valence-corrected chi connectivity index (χ2v) is 7.32. The van der Waals surface area contributed by atoms with Crippen LogP contribution in [0, 0.1) is 0 Å². The van der Waals surface area contributed by atoms with E-state index >= 15 is 0 Å². The molecule has 0 bridgehead atoms. The molecular weight excluding hydrogens is 296 g/mol. The Hall–Kier alpha value is -1.79. The normalized spacial score (nSPS) is 11.2. The van der Waals surface area contributed by atoms with E-state index in [0.29, 0.717) is 0 Å². The number of aromatic carboxylic acids is 1. The van der Waals surface area contributed by atoms with Crippen molar-refractivity contribution in [1.29, 1.82) is 0 Å². The van der Waals surface area contributed by atoms with Gasteiger partial charge in [-0.1, -0.05) is 23.9 Å². The molecule has 2 aromatic carbocycles. The SMILES string of the molecule is CS(=O)(=O)c1ccc(Sc2ccc(C(=O)[O-])cc2)cc1. The van der Waals surface area contributed by atoms with Gasteiger partial charge in [0.2, 0.25) is 0 Å². The molecule has 0 fully saturated rings. The van der Waals surface area contributed by atoms with Gasteiger partial charge in [0.05, 0.1) is 10.9 Å². The van der Waals surface area contributed by atoms with Gasteiger partial charge < -0.3 is 9.90 Å². The monoisotopic (exact) mass is 307 g/mol. The van der Waals surface area contributed by atoms with E-state index in [4.69, 9.17) is 0 Å². The lowest BCUT2D eigenvalue weighted by Gasteiger charge is -2.05. The van der Waals surface area contributed by atoms with E-state index in [0.717, 1.165) is 16.0 Å². The van der Waals surface area contributed by atoms with Gasteiger partial charge in [0.25, 0.3) is 0 Å². The van der Waals surface area contributed by atoms with Crippen LogP contribution in [0.5, 0.6) is 0 Å². The summed E-state index contributed by atoms with van der Waals surface area (Å²) >= 11 is 1.42. The van der Waals surface area contributed by atoms with Gasteiger partial charge in [0, 0.05) is 16.0 Å². The van der Waals surface area contributed by atoms with Crippen molar-refractivity contribution in [3.8, 4) is 0 Å². The predicted molar refractivity (Wildman–Crippen MR) is 74.4 cm³/mol. The number of carbonyl (C=O) groups excluding carboxylic acids is 1. The minimum Gasteiger partial charge on any atom is -0.545 e. The molecule has 2 aromatic rings. The van der Waals surface area contributed by atoms with E-state index in [1.807, 2.05) is 0 Å². The van der Waals surface area contributed by atoms with Gasteiger partial charge in [-0.3, -0.25) is 0 Å². The van der Waals surface area contributed by atoms with Crippen LogP contribution < -0.4 is 5.11 Å². The fraction of sp³-hybridized carbons (Fsp3) is 0.0714. The number of hydrogen-bond donors (Lipinski definition) is 0. The van der Waals surface area contributed by atoms with Crippen LogP contribution in [-0.4, -0.2) is 20.6 Å². The van der Waals surface area contributed by atoms with Gasteiger partial charge in [0.1, 0.15) is 0 Å². The van der Waals surface area contributed by atoms with E-state index in [9.17, 15) is 18.3 Å². The number of carboxylic acids is 1. The van der Waals surface area contributed by atoms with Crippen molar-refractivity contribution in [2.45, 2.75) is 14.7 Å². The highest BCUT2D eigenvalue weighted by Crippen LogP contribution is 2.28. The number of sulfone groups is 1. The van der Waals surface area contributed by atoms with Crippen LogP contribution in [0.1, 0.15) is 10.4 Å². The molecule has 0 aliphatic rings. The van der Waals surface area contributed by atoms with Crippen molar-refractivity contribution in [3.63, 3.8) is 0 Å². The van der Waals surface area contributed by atoms with Gasteiger partial charge in [-0.2, -0.15) is 0 Å². The average molecular weight is 307 g/mol. The van der Waals surface area contributed by atoms with Crippen LogP contribution in [0.25, 0.3) is 0 Å². The van der Waals surface area contributed by atoms with E-state index in [1.165, 1.54) is 23.9 Å². The Morgan fingerprint density at radius 1 is 0.950 bits per heavy atom. The van der Waals surface area contributed by atoms with E-state index in [1.54, 1.807) is 36.4 Å². The minimum atomic E-state index is -3.19. The smallest absolute Gasteiger partial charge is 0.175 e. The molecule has 0 N–H and O–H groups in total. The zero-order valence-corrected chi connectivity index (χ0v) is 12.2. The standard InChI is InChI=1S/C14H12O4S2/c1-20(17,18)13-8-6-12(7-9-13)19-11-4-2-10(3-5-11)14(15)16/h2-9H,1H3,(H,15,16)/p-1. The second-order valence-electron chi connectivity index (χ2n) is 4.16. The second kappa shape index (κ2) is 5.68. The van der Waals surface area contributed by atoms with Crippen LogP contribution >= 0.6 is 11.8 Å². The van der Waals surface area contributed by atoms with Crippen molar-refractivity contribution in [3.05, 3.63) is 54.1 Å². The molecule has 0 atom stereocenters. The molecule has 0 aliphatic heterocycles. The van der Waals surface area contributed by atoms with Crippen molar-refractivity contribution in [1.82, 2.24) is 0 Å². The highest BCUT2D eigenvalue weighted by Gasteiger charge is 2.06. The molecule has 2 rings (SSSR count). The lowest BCUT2D eigenvalue weighted by Crippen LogP contribution is -2.21. The first-order valence-electron chi connectivity index (χ1n) is 5.65. The number of rotatable bonds is 4. The molecule has 0 amide bonds. The summed E-state index contributed by atoms with van der Waals surface area (Å²) in [4.78, 5) is 12.6. The third kappa shape index (κ3) is 3.61. The summed E-state index contributed by atoms with van der Waals surface area (Å²) in [6, 6.07) is 12.8. The molecule has 0 saturated heterocycles. The molecular formula is C14H11O4S2-. The van der Waals surface area contributed by atoms with Gasteiger partial charge in [0.15, 0.2) is 9.84 Å². The summed E-state index contributed by atoms with van der Waals surface area (Å²) in [5, 5.41) is 10.6. The van der Waals surface area contributed by atoms with Crippen LogP contribution in [-0.2, 0) is 9.84 Å². The fourth-order valence-electron chi connectivity index (χ4n) is 1.55. The van der Waals surface area contributed by atoms with Gasteiger partial charge in [-0.15, -0.1) is 0 Å². The summed E-state index contributed by atoms with van der Waals surface area (Å²) in [7, 11) is -3.19. The van der Waals surface area contributed by atoms with E-state index in [2.05, 4.69) is 0 Å². The summed E-state index contributed by atoms with van der Waals surface area (Å²) in [6.07, 6.45) is 1.16. The van der Waals surface area contributed by atoms with Crippen molar-refractivity contribution in [2.24, 2.45) is 0 Å². The zero-order valence-electron chi connectivity index (χ0n) is 10.6. The van der Waals surface area contributed by atoms with E-state index in [-0.39, 0.29) is 10.5 Å². The van der Waals surface area contributed by atoms with Crippen LogP contribution in [0.15, 0.2) is 63.2 Å². The van der Waals surface area contributed by atoms with Crippen LogP contribution in [0.2, 0.25) is 0 Å². The van der Waals surface area contributed by atoms with Crippen molar-refractivity contribution in [2.75, 3.05) is 6.26 Å². The Labute approximate surface area is 121 Å². The number of carboxylic acid groups (broad SMARTS) is 1. The molecule has 20 heavy (non-hydrogen) atoms. The maximum absolute atomic E-state index is 11.3. The van der Waals surface area contributed by atoms with Gasteiger partial charge >= 0.3 is 0 Å². The van der Waals surface area contributed by atoms with Gasteiger partial charge in [-0.05, 0) is 42.0 Å². The third-order valence-corrected chi connectivity index (χ3v) is 4.72. The van der Waals surface area contributed by atoms with E-state index < -0.39 is 15.8 Å². The highest BCUT2D eigenvalue weighted by atomic mass is 32.2. The molecule has 6 heteroatoms. The Morgan fingerprint density at radius 2 is 1.40 bits per heavy atom. The summed E-state index contributed by atoms with van der Waals surface area (Å²) < 4.78 is 22.7. The largest absolute Gasteiger partial charge is 0.545 e. The Bertz CT molecular complexity index is 717. The van der Waals surface area contributed by atoms with Crippen molar-refractivity contribution < 1.29 is 18.3 Å². The van der Waals surface area contributed by atoms with Crippen LogP contribution in [0.4, 0.5) is 0 Å². The molecule has 4 nitrogen and oxygen atoms in total. The maximum Gasteiger partial charge on any atom is 0.175 e. The predicted octanol–water partition coefficient (Wildman–Crippen LogP) is 1.60. The summed E-state index contributed by atoms with van der Waals surface area (Å²) in [6.45, 7) is 0. The first-order valence-corrected chi connectivity index (χ1v) is 8.36. The zero-order chi connectivity index (χ0) is 14.8. The third-order valence-electron chi connectivity index (χ3n) is 2.58. The Morgan fingerprint density at radius 3 is 1.80 bits per heavy atom. The number of carbonyl (C=O) groups is 1. The summed E-state index contributed by atoms with van der Waals surface area (Å²) in [5.74, 6) is -1.21. The first kappa shape index (κ1) is 14.6. The maximum atomic E-state index is 11.3. The quantitative estimate of drug-likeness (QED) is 0.858. The molecule has 0 heterocycles. The number of hydrogen-bond acceptors (Lipinski definition) is 5. The first-order chi connectivity index (χ1) is 9.36.